The maximum atomic E-state index is 11.7. The van der Waals surface area contributed by atoms with Crippen LogP contribution in [-0.4, -0.2) is 24.4 Å². The van der Waals surface area contributed by atoms with Gasteiger partial charge in [-0.1, -0.05) is 12.1 Å². The van der Waals surface area contributed by atoms with Crippen molar-refractivity contribution in [3.05, 3.63) is 29.8 Å². The molecule has 1 atom stereocenters. The van der Waals surface area contributed by atoms with Crippen molar-refractivity contribution in [1.82, 2.24) is 10.6 Å². The van der Waals surface area contributed by atoms with Crippen LogP contribution < -0.4 is 16.4 Å². The van der Waals surface area contributed by atoms with E-state index in [-0.39, 0.29) is 30.3 Å². The van der Waals surface area contributed by atoms with E-state index in [9.17, 15) is 9.59 Å². The number of nitrogens with two attached hydrogens (primary N) is 1. The van der Waals surface area contributed by atoms with Crippen molar-refractivity contribution in [2.24, 2.45) is 0 Å². The molecule has 2 rings (SSSR count). The number of rotatable bonds is 4. The molecule has 0 bridgehead atoms. The first-order valence-electron chi connectivity index (χ1n) is 6.06. The molecule has 5 nitrogen and oxygen atoms in total. The first-order chi connectivity index (χ1) is 8.65. The van der Waals surface area contributed by atoms with Crippen molar-refractivity contribution < 1.29 is 9.59 Å². The smallest absolute Gasteiger partial charge is 0.242 e. The van der Waals surface area contributed by atoms with Crippen molar-refractivity contribution >= 4 is 29.9 Å². The van der Waals surface area contributed by atoms with E-state index in [0.717, 1.165) is 17.7 Å². The molecule has 0 spiro atoms. The Kier molecular flexibility index (Phi) is 5.63. The van der Waals surface area contributed by atoms with E-state index in [0.29, 0.717) is 19.4 Å². The second-order valence-corrected chi connectivity index (χ2v) is 4.44. The van der Waals surface area contributed by atoms with E-state index < -0.39 is 0 Å². The Morgan fingerprint density at radius 1 is 1.37 bits per heavy atom. The van der Waals surface area contributed by atoms with Crippen LogP contribution in [0.2, 0.25) is 0 Å². The third kappa shape index (κ3) is 4.44. The summed E-state index contributed by atoms with van der Waals surface area (Å²) in [5, 5.41) is 5.47. The monoisotopic (exact) mass is 283 g/mol. The number of carbonyl (C=O) groups is 2. The largest absolute Gasteiger partial charge is 0.399 e. The van der Waals surface area contributed by atoms with E-state index >= 15 is 0 Å². The summed E-state index contributed by atoms with van der Waals surface area (Å²) in [6, 6.07) is 7.21. The Balaban J connectivity index is 0.00000180. The lowest BCUT2D eigenvalue weighted by Gasteiger charge is -2.10. The standard InChI is InChI=1S/C13H17N3O2.ClH/c14-10-3-1-9(2-4-10)7-8-15-13(18)11-5-6-12(17)16-11;/h1-4,11H,5-8,14H2,(H,15,18)(H,16,17);1H/t11-;/m0./s1. The van der Waals surface area contributed by atoms with Crippen molar-refractivity contribution in [3.8, 4) is 0 Å². The van der Waals surface area contributed by atoms with E-state index in [1.807, 2.05) is 24.3 Å². The SMILES string of the molecule is Cl.Nc1ccc(CCNC(=O)[C@@H]2CCC(=O)N2)cc1. The van der Waals surface area contributed by atoms with Gasteiger partial charge in [0.25, 0.3) is 0 Å². The van der Waals surface area contributed by atoms with Crippen molar-refractivity contribution in [2.75, 3.05) is 12.3 Å². The van der Waals surface area contributed by atoms with Crippen LogP contribution >= 0.6 is 12.4 Å². The summed E-state index contributed by atoms with van der Waals surface area (Å²) in [6.45, 7) is 0.565. The van der Waals surface area contributed by atoms with Gasteiger partial charge in [-0.05, 0) is 30.5 Å². The van der Waals surface area contributed by atoms with Crippen LogP contribution in [0, 0.1) is 0 Å². The fraction of sp³-hybridized carbons (Fsp3) is 0.385. The number of halogens is 1. The lowest BCUT2D eigenvalue weighted by atomic mass is 10.1. The van der Waals surface area contributed by atoms with Gasteiger partial charge in [0.2, 0.25) is 11.8 Å². The predicted octanol–water partition coefficient (Wildman–Crippen LogP) is 0.628. The van der Waals surface area contributed by atoms with Gasteiger partial charge < -0.3 is 16.4 Å². The van der Waals surface area contributed by atoms with Crippen LogP contribution in [0.5, 0.6) is 0 Å². The van der Waals surface area contributed by atoms with Crippen molar-refractivity contribution in [1.29, 1.82) is 0 Å². The molecule has 104 valence electrons. The Morgan fingerprint density at radius 3 is 2.63 bits per heavy atom. The van der Waals surface area contributed by atoms with Gasteiger partial charge in [-0.25, -0.2) is 0 Å². The molecule has 1 saturated heterocycles. The molecule has 0 radical (unpaired) electrons. The van der Waals surface area contributed by atoms with Crippen LogP contribution in [0.25, 0.3) is 0 Å². The molecule has 1 heterocycles. The molecule has 6 heteroatoms. The van der Waals surface area contributed by atoms with Gasteiger partial charge in [-0.15, -0.1) is 12.4 Å². The van der Waals surface area contributed by atoms with Crippen LogP contribution in [0.4, 0.5) is 5.69 Å². The fourth-order valence-electron chi connectivity index (χ4n) is 1.95. The van der Waals surface area contributed by atoms with Crippen LogP contribution in [-0.2, 0) is 16.0 Å². The summed E-state index contributed by atoms with van der Waals surface area (Å²) in [7, 11) is 0. The van der Waals surface area contributed by atoms with Crippen molar-refractivity contribution in [2.45, 2.75) is 25.3 Å². The number of hydrogen-bond donors (Lipinski definition) is 3. The second kappa shape index (κ2) is 6.99. The van der Waals surface area contributed by atoms with Crippen molar-refractivity contribution in [3.63, 3.8) is 0 Å². The minimum Gasteiger partial charge on any atom is -0.399 e. The minimum atomic E-state index is -0.357. The first-order valence-corrected chi connectivity index (χ1v) is 6.06. The molecule has 2 amide bonds. The number of hydrogen-bond acceptors (Lipinski definition) is 3. The molecule has 19 heavy (non-hydrogen) atoms. The Hall–Kier alpha value is -1.75. The quantitative estimate of drug-likeness (QED) is 0.709. The van der Waals surface area contributed by atoms with E-state index in [1.165, 1.54) is 0 Å². The highest BCUT2D eigenvalue weighted by Gasteiger charge is 2.26. The number of amides is 2. The molecule has 1 aromatic carbocycles. The Bertz CT molecular complexity index is 448. The van der Waals surface area contributed by atoms with Crippen LogP contribution in [0.1, 0.15) is 18.4 Å². The molecule has 0 aliphatic carbocycles. The third-order valence-electron chi connectivity index (χ3n) is 3.00. The number of nitrogen functional groups attached to an aromatic ring is 1. The zero-order chi connectivity index (χ0) is 13.0. The summed E-state index contributed by atoms with van der Waals surface area (Å²) >= 11 is 0. The maximum Gasteiger partial charge on any atom is 0.242 e. The highest BCUT2D eigenvalue weighted by Crippen LogP contribution is 2.07. The predicted molar refractivity (Wildman–Crippen MR) is 76.0 cm³/mol. The average molecular weight is 284 g/mol. The Labute approximate surface area is 118 Å². The summed E-state index contributed by atoms with van der Waals surface area (Å²) in [6.07, 6.45) is 1.79. The average Bonchev–Trinajstić information content (AvgIpc) is 2.78. The van der Waals surface area contributed by atoms with E-state index in [4.69, 9.17) is 5.73 Å². The zero-order valence-corrected chi connectivity index (χ0v) is 11.3. The summed E-state index contributed by atoms with van der Waals surface area (Å²) in [5.74, 6) is -0.148. The lowest BCUT2D eigenvalue weighted by Crippen LogP contribution is -2.42. The third-order valence-corrected chi connectivity index (χ3v) is 3.00. The Morgan fingerprint density at radius 2 is 2.05 bits per heavy atom. The van der Waals surface area contributed by atoms with E-state index in [1.54, 1.807) is 0 Å². The molecule has 1 aliphatic heterocycles. The fourth-order valence-corrected chi connectivity index (χ4v) is 1.95. The first kappa shape index (κ1) is 15.3. The number of anilines is 1. The lowest BCUT2D eigenvalue weighted by molar-refractivity contribution is -0.125. The van der Waals surface area contributed by atoms with Gasteiger partial charge in [0.1, 0.15) is 6.04 Å². The number of carbonyl (C=O) groups excluding carboxylic acids is 2. The highest BCUT2D eigenvalue weighted by atomic mass is 35.5. The summed E-state index contributed by atoms with van der Waals surface area (Å²) < 4.78 is 0. The molecular weight excluding hydrogens is 266 g/mol. The van der Waals surface area contributed by atoms with E-state index in [2.05, 4.69) is 10.6 Å². The molecule has 0 saturated carbocycles. The van der Waals surface area contributed by atoms with Gasteiger partial charge in [-0.3, -0.25) is 9.59 Å². The highest BCUT2D eigenvalue weighted by molar-refractivity contribution is 5.90. The van der Waals surface area contributed by atoms with Gasteiger partial charge in [0.15, 0.2) is 0 Å². The molecule has 1 aromatic rings. The van der Waals surface area contributed by atoms with Crippen LogP contribution in [0.15, 0.2) is 24.3 Å². The molecule has 1 fully saturated rings. The minimum absolute atomic E-state index is 0. The molecular formula is C13H18ClN3O2. The zero-order valence-electron chi connectivity index (χ0n) is 10.5. The van der Waals surface area contributed by atoms with Gasteiger partial charge in [0.05, 0.1) is 0 Å². The summed E-state index contributed by atoms with van der Waals surface area (Å²) in [5.41, 5.74) is 7.45. The van der Waals surface area contributed by atoms with Gasteiger partial charge >= 0.3 is 0 Å². The molecule has 0 unspecified atom stereocenters. The second-order valence-electron chi connectivity index (χ2n) is 4.44. The maximum absolute atomic E-state index is 11.7. The normalized spacial score (nSPS) is 17.5. The molecule has 4 N–H and O–H groups in total. The molecule has 1 aliphatic rings. The topological polar surface area (TPSA) is 84.2 Å². The molecule has 0 aromatic heterocycles. The number of benzene rings is 1. The summed E-state index contributed by atoms with van der Waals surface area (Å²) in [4.78, 5) is 22.7. The number of nitrogens with one attached hydrogen (secondary N) is 2. The van der Waals surface area contributed by atoms with Gasteiger partial charge in [-0.2, -0.15) is 0 Å². The van der Waals surface area contributed by atoms with Crippen LogP contribution in [0.3, 0.4) is 0 Å². The van der Waals surface area contributed by atoms with Gasteiger partial charge in [0, 0.05) is 18.7 Å².